The lowest BCUT2D eigenvalue weighted by molar-refractivity contribution is 0.173. The van der Waals surface area contributed by atoms with Gasteiger partial charge in [-0.3, -0.25) is 0 Å². The maximum Gasteiger partial charge on any atom is 0.0108 e. The van der Waals surface area contributed by atoms with Crippen LogP contribution in [-0.4, -0.2) is 6.04 Å². The molecule has 0 radical (unpaired) electrons. The van der Waals surface area contributed by atoms with E-state index in [0.717, 1.165) is 12.3 Å². The zero-order valence-electron chi connectivity index (χ0n) is 12.1. The standard InChI is InChI=1S/C17H27N/c1-13-5-4-6-14(11-13)12-16(18)15-7-9-17(2,3)10-8-15/h4-6,11,15-16H,7-10,12,18H2,1-3H3. The molecule has 0 aliphatic heterocycles. The molecule has 1 heteroatoms. The van der Waals surface area contributed by atoms with Crippen LogP contribution in [0.5, 0.6) is 0 Å². The first-order chi connectivity index (χ1) is 8.46. The van der Waals surface area contributed by atoms with Gasteiger partial charge in [-0.1, -0.05) is 43.7 Å². The molecule has 0 saturated heterocycles. The Morgan fingerprint density at radius 2 is 1.94 bits per heavy atom. The van der Waals surface area contributed by atoms with Gasteiger partial charge in [-0.25, -0.2) is 0 Å². The third-order valence-electron chi connectivity index (χ3n) is 4.54. The summed E-state index contributed by atoms with van der Waals surface area (Å²) in [5.74, 6) is 0.721. The van der Waals surface area contributed by atoms with Crippen LogP contribution in [0.4, 0.5) is 0 Å². The molecule has 100 valence electrons. The quantitative estimate of drug-likeness (QED) is 0.853. The van der Waals surface area contributed by atoms with E-state index < -0.39 is 0 Å². The average molecular weight is 245 g/mol. The molecule has 0 spiro atoms. The Balaban J connectivity index is 1.91. The summed E-state index contributed by atoms with van der Waals surface area (Å²) in [6.45, 7) is 6.92. The Kier molecular flexibility index (Phi) is 4.11. The molecule has 1 aromatic rings. The van der Waals surface area contributed by atoms with E-state index in [1.807, 2.05) is 0 Å². The molecule has 18 heavy (non-hydrogen) atoms. The third kappa shape index (κ3) is 3.58. The normalized spacial score (nSPS) is 21.8. The average Bonchev–Trinajstić information content (AvgIpc) is 2.28. The molecule has 1 aliphatic carbocycles. The van der Waals surface area contributed by atoms with Gasteiger partial charge in [0.2, 0.25) is 0 Å². The van der Waals surface area contributed by atoms with Crippen LogP contribution >= 0.6 is 0 Å². The first-order valence-electron chi connectivity index (χ1n) is 7.27. The molecule has 1 unspecified atom stereocenters. The minimum absolute atomic E-state index is 0.336. The van der Waals surface area contributed by atoms with E-state index >= 15 is 0 Å². The van der Waals surface area contributed by atoms with Crippen molar-refractivity contribution in [3.05, 3.63) is 35.4 Å². The summed E-state index contributed by atoms with van der Waals surface area (Å²) in [5, 5.41) is 0. The summed E-state index contributed by atoms with van der Waals surface area (Å²) in [4.78, 5) is 0. The van der Waals surface area contributed by atoms with Crippen molar-refractivity contribution in [3.8, 4) is 0 Å². The highest BCUT2D eigenvalue weighted by Gasteiger charge is 2.29. The van der Waals surface area contributed by atoms with E-state index in [2.05, 4.69) is 45.0 Å². The van der Waals surface area contributed by atoms with Gasteiger partial charge >= 0.3 is 0 Å². The van der Waals surface area contributed by atoms with E-state index in [0.29, 0.717) is 11.5 Å². The lowest BCUT2D eigenvalue weighted by Crippen LogP contribution is -2.36. The van der Waals surface area contributed by atoms with Crippen molar-refractivity contribution in [2.75, 3.05) is 0 Å². The second-order valence-electron chi connectivity index (χ2n) is 6.86. The predicted octanol–water partition coefficient (Wildman–Crippen LogP) is 4.08. The van der Waals surface area contributed by atoms with E-state index in [4.69, 9.17) is 5.73 Å². The summed E-state index contributed by atoms with van der Waals surface area (Å²) in [7, 11) is 0. The number of nitrogens with two attached hydrogens (primary N) is 1. The fourth-order valence-corrected chi connectivity index (χ4v) is 3.13. The number of hydrogen-bond acceptors (Lipinski definition) is 1. The second kappa shape index (κ2) is 5.44. The lowest BCUT2D eigenvalue weighted by atomic mass is 9.70. The summed E-state index contributed by atoms with van der Waals surface area (Å²) in [5.41, 5.74) is 9.69. The summed E-state index contributed by atoms with van der Waals surface area (Å²) >= 11 is 0. The Bertz CT molecular complexity index is 384. The second-order valence-corrected chi connectivity index (χ2v) is 6.86. The number of aryl methyl sites for hydroxylation is 1. The summed E-state index contributed by atoms with van der Waals surface area (Å²) in [6, 6.07) is 9.11. The van der Waals surface area contributed by atoms with Gasteiger partial charge in [0, 0.05) is 6.04 Å². The van der Waals surface area contributed by atoms with Crippen LogP contribution in [0.3, 0.4) is 0 Å². The molecule has 1 aromatic carbocycles. The van der Waals surface area contributed by atoms with E-state index in [1.54, 1.807) is 0 Å². The zero-order valence-corrected chi connectivity index (χ0v) is 12.1. The van der Waals surface area contributed by atoms with Crippen molar-refractivity contribution < 1.29 is 0 Å². The van der Waals surface area contributed by atoms with Gasteiger partial charge in [-0.05, 0) is 55.9 Å². The molecule has 0 amide bonds. The third-order valence-corrected chi connectivity index (χ3v) is 4.54. The van der Waals surface area contributed by atoms with E-state index in [-0.39, 0.29) is 0 Å². The first kappa shape index (κ1) is 13.6. The molecule has 1 fully saturated rings. The highest BCUT2D eigenvalue weighted by molar-refractivity contribution is 5.23. The Morgan fingerprint density at radius 3 is 2.56 bits per heavy atom. The molecule has 2 rings (SSSR count). The van der Waals surface area contributed by atoms with Crippen LogP contribution in [0.2, 0.25) is 0 Å². The van der Waals surface area contributed by atoms with Crippen molar-refractivity contribution in [2.45, 2.75) is 58.9 Å². The van der Waals surface area contributed by atoms with Crippen LogP contribution in [0, 0.1) is 18.3 Å². The van der Waals surface area contributed by atoms with Crippen molar-refractivity contribution in [1.29, 1.82) is 0 Å². The smallest absolute Gasteiger partial charge is 0.0108 e. The highest BCUT2D eigenvalue weighted by atomic mass is 14.7. The zero-order chi connectivity index (χ0) is 13.2. The van der Waals surface area contributed by atoms with Crippen molar-refractivity contribution >= 4 is 0 Å². The van der Waals surface area contributed by atoms with Gasteiger partial charge < -0.3 is 5.73 Å². The topological polar surface area (TPSA) is 26.0 Å². The van der Waals surface area contributed by atoms with Crippen molar-refractivity contribution in [3.63, 3.8) is 0 Å². The molecule has 1 saturated carbocycles. The van der Waals surface area contributed by atoms with Gasteiger partial charge in [0.05, 0.1) is 0 Å². The molecule has 0 bridgehead atoms. The van der Waals surface area contributed by atoms with Gasteiger partial charge in [-0.2, -0.15) is 0 Å². The molecule has 1 nitrogen and oxygen atoms in total. The summed E-state index contributed by atoms with van der Waals surface area (Å²) < 4.78 is 0. The largest absolute Gasteiger partial charge is 0.327 e. The predicted molar refractivity (Wildman–Crippen MR) is 78.6 cm³/mol. The molecule has 1 atom stereocenters. The number of rotatable bonds is 3. The number of benzene rings is 1. The fraction of sp³-hybridized carbons (Fsp3) is 0.647. The maximum absolute atomic E-state index is 6.42. The van der Waals surface area contributed by atoms with Crippen molar-refractivity contribution in [1.82, 2.24) is 0 Å². The summed E-state index contributed by atoms with van der Waals surface area (Å²) in [6.07, 6.45) is 6.31. The van der Waals surface area contributed by atoms with Crippen LogP contribution in [-0.2, 0) is 6.42 Å². The minimum Gasteiger partial charge on any atom is -0.327 e. The SMILES string of the molecule is Cc1cccc(CC(N)C2CCC(C)(C)CC2)c1. The highest BCUT2D eigenvalue weighted by Crippen LogP contribution is 2.39. The van der Waals surface area contributed by atoms with Gasteiger partial charge in [0.25, 0.3) is 0 Å². The Labute approximate surface area is 112 Å². The Morgan fingerprint density at radius 1 is 1.28 bits per heavy atom. The molecule has 1 aliphatic rings. The number of hydrogen-bond donors (Lipinski definition) is 1. The molecule has 0 heterocycles. The van der Waals surface area contributed by atoms with Crippen molar-refractivity contribution in [2.24, 2.45) is 17.1 Å². The van der Waals surface area contributed by atoms with Gasteiger partial charge in [0.1, 0.15) is 0 Å². The minimum atomic E-state index is 0.336. The molecular formula is C17H27N. The van der Waals surface area contributed by atoms with E-state index in [9.17, 15) is 0 Å². The van der Waals surface area contributed by atoms with Gasteiger partial charge in [-0.15, -0.1) is 0 Å². The van der Waals surface area contributed by atoms with Crippen LogP contribution in [0.25, 0.3) is 0 Å². The molecule has 0 aromatic heterocycles. The lowest BCUT2D eigenvalue weighted by Gasteiger charge is -2.37. The van der Waals surface area contributed by atoms with Gasteiger partial charge in [0.15, 0.2) is 0 Å². The molecule has 2 N–H and O–H groups in total. The van der Waals surface area contributed by atoms with E-state index in [1.165, 1.54) is 36.8 Å². The first-order valence-corrected chi connectivity index (χ1v) is 7.27. The monoisotopic (exact) mass is 245 g/mol. The maximum atomic E-state index is 6.42. The molecular weight excluding hydrogens is 218 g/mol. The van der Waals surface area contributed by atoms with Crippen LogP contribution < -0.4 is 5.73 Å². The Hall–Kier alpha value is -0.820. The van der Waals surface area contributed by atoms with Crippen LogP contribution in [0.1, 0.15) is 50.7 Å². The fourth-order valence-electron chi connectivity index (χ4n) is 3.13. The van der Waals surface area contributed by atoms with Crippen LogP contribution in [0.15, 0.2) is 24.3 Å².